The predicted molar refractivity (Wildman–Crippen MR) is 89.3 cm³/mol. The van der Waals surface area contributed by atoms with Crippen LogP contribution in [0.5, 0.6) is 0 Å². The van der Waals surface area contributed by atoms with E-state index in [4.69, 9.17) is 10.5 Å². The van der Waals surface area contributed by atoms with E-state index in [9.17, 15) is 4.79 Å². The Labute approximate surface area is 132 Å². The first-order valence-electron chi connectivity index (χ1n) is 7.48. The molecular formula is C19H23NO2. The van der Waals surface area contributed by atoms with Crippen LogP contribution in [0.25, 0.3) is 11.1 Å². The minimum absolute atomic E-state index is 0.182. The molecule has 1 atom stereocenters. The van der Waals surface area contributed by atoms with Gasteiger partial charge in [0.1, 0.15) is 5.60 Å². The predicted octanol–water partition coefficient (Wildman–Crippen LogP) is 4.09. The normalized spacial score (nSPS) is 12.7. The van der Waals surface area contributed by atoms with Gasteiger partial charge in [0.2, 0.25) is 0 Å². The average molecular weight is 297 g/mol. The molecule has 2 aromatic rings. The molecule has 0 aliphatic heterocycles. The number of ether oxygens (including phenoxy) is 1. The number of carbonyl (C=O) groups is 1. The van der Waals surface area contributed by atoms with E-state index in [1.807, 2.05) is 63.2 Å². The summed E-state index contributed by atoms with van der Waals surface area (Å²) in [6.07, 6.45) is 0.182. The molecule has 0 amide bonds. The number of rotatable bonds is 4. The van der Waals surface area contributed by atoms with Crippen molar-refractivity contribution >= 4 is 5.97 Å². The van der Waals surface area contributed by atoms with Crippen LogP contribution in [0.3, 0.4) is 0 Å². The Bertz CT molecular complexity index is 612. The number of benzene rings is 2. The van der Waals surface area contributed by atoms with Gasteiger partial charge in [0.05, 0.1) is 6.42 Å². The highest BCUT2D eigenvalue weighted by Gasteiger charge is 2.19. The van der Waals surface area contributed by atoms with E-state index < -0.39 is 5.60 Å². The summed E-state index contributed by atoms with van der Waals surface area (Å²) in [5.74, 6) is -0.271. The monoisotopic (exact) mass is 297 g/mol. The largest absolute Gasteiger partial charge is 0.460 e. The Balaban J connectivity index is 2.02. The van der Waals surface area contributed by atoms with Gasteiger partial charge in [0.15, 0.2) is 0 Å². The molecule has 2 aromatic carbocycles. The van der Waals surface area contributed by atoms with E-state index in [0.717, 1.165) is 16.7 Å². The zero-order valence-corrected chi connectivity index (χ0v) is 13.4. The first kappa shape index (κ1) is 16.2. The van der Waals surface area contributed by atoms with E-state index >= 15 is 0 Å². The fraction of sp³-hybridized carbons (Fsp3) is 0.316. The average Bonchev–Trinajstić information content (AvgIpc) is 2.46. The minimum atomic E-state index is -0.478. The lowest BCUT2D eigenvalue weighted by atomic mass is 9.99. The lowest BCUT2D eigenvalue weighted by Gasteiger charge is -2.21. The fourth-order valence-electron chi connectivity index (χ4n) is 2.23. The van der Waals surface area contributed by atoms with Gasteiger partial charge in [-0.25, -0.2) is 0 Å². The van der Waals surface area contributed by atoms with Crippen LogP contribution in [0.15, 0.2) is 54.6 Å². The van der Waals surface area contributed by atoms with Crippen LogP contribution in [0.1, 0.15) is 38.8 Å². The van der Waals surface area contributed by atoms with Crippen molar-refractivity contribution in [1.82, 2.24) is 0 Å². The summed E-state index contributed by atoms with van der Waals surface area (Å²) in [7, 11) is 0. The lowest BCUT2D eigenvalue weighted by molar-refractivity contribution is -0.155. The van der Waals surface area contributed by atoms with Crippen LogP contribution in [-0.2, 0) is 9.53 Å². The number of hydrogen-bond acceptors (Lipinski definition) is 3. The summed E-state index contributed by atoms with van der Waals surface area (Å²) in [5, 5.41) is 0. The van der Waals surface area contributed by atoms with Crippen molar-refractivity contribution in [3.63, 3.8) is 0 Å². The first-order valence-corrected chi connectivity index (χ1v) is 7.48. The second-order valence-electron chi connectivity index (χ2n) is 6.39. The van der Waals surface area contributed by atoms with E-state index in [0.29, 0.717) is 0 Å². The van der Waals surface area contributed by atoms with Crippen molar-refractivity contribution in [2.24, 2.45) is 5.73 Å². The molecule has 0 aliphatic carbocycles. The van der Waals surface area contributed by atoms with E-state index in [2.05, 4.69) is 12.1 Å². The molecule has 3 nitrogen and oxygen atoms in total. The third-order valence-electron chi connectivity index (χ3n) is 3.25. The summed E-state index contributed by atoms with van der Waals surface area (Å²) in [5.41, 5.74) is 8.86. The Morgan fingerprint density at radius 1 is 1.00 bits per heavy atom. The molecule has 2 N–H and O–H groups in total. The van der Waals surface area contributed by atoms with E-state index in [1.54, 1.807) is 0 Å². The maximum absolute atomic E-state index is 11.8. The summed E-state index contributed by atoms with van der Waals surface area (Å²) in [6, 6.07) is 17.8. The maximum Gasteiger partial charge on any atom is 0.308 e. The van der Waals surface area contributed by atoms with Gasteiger partial charge in [0, 0.05) is 6.04 Å². The summed E-state index contributed by atoms with van der Waals surface area (Å²) >= 11 is 0. The smallest absolute Gasteiger partial charge is 0.308 e. The van der Waals surface area contributed by atoms with Crippen molar-refractivity contribution in [2.75, 3.05) is 0 Å². The van der Waals surface area contributed by atoms with E-state index in [1.165, 1.54) is 0 Å². The van der Waals surface area contributed by atoms with Gasteiger partial charge in [-0.2, -0.15) is 0 Å². The summed E-state index contributed by atoms with van der Waals surface area (Å²) in [4.78, 5) is 11.8. The van der Waals surface area contributed by atoms with Crippen molar-refractivity contribution < 1.29 is 9.53 Å². The molecule has 3 heteroatoms. The first-order chi connectivity index (χ1) is 10.3. The molecule has 2 rings (SSSR count). The molecule has 0 heterocycles. The van der Waals surface area contributed by atoms with Crippen molar-refractivity contribution in [3.8, 4) is 11.1 Å². The van der Waals surface area contributed by atoms with Gasteiger partial charge >= 0.3 is 5.97 Å². The van der Waals surface area contributed by atoms with Crippen molar-refractivity contribution in [3.05, 3.63) is 60.2 Å². The second-order valence-corrected chi connectivity index (χ2v) is 6.39. The summed E-state index contributed by atoms with van der Waals surface area (Å²) < 4.78 is 5.30. The van der Waals surface area contributed by atoms with Gasteiger partial charge in [-0.15, -0.1) is 0 Å². The molecule has 0 saturated heterocycles. The van der Waals surface area contributed by atoms with Gasteiger partial charge in [0.25, 0.3) is 0 Å². The Morgan fingerprint density at radius 2 is 1.55 bits per heavy atom. The minimum Gasteiger partial charge on any atom is -0.460 e. The van der Waals surface area contributed by atoms with Gasteiger partial charge < -0.3 is 10.5 Å². The number of nitrogens with two attached hydrogens (primary N) is 1. The molecule has 0 bridgehead atoms. The number of carbonyl (C=O) groups excluding carboxylic acids is 1. The molecule has 0 radical (unpaired) electrons. The third kappa shape index (κ3) is 4.71. The standard InChI is InChI=1S/C19H23NO2/c1-19(2,3)22-18(21)13-17(20)16-11-9-15(10-12-16)14-7-5-4-6-8-14/h4-12,17H,13,20H2,1-3H3/t17-/m0/s1. The van der Waals surface area contributed by atoms with Crippen LogP contribution in [-0.4, -0.2) is 11.6 Å². The molecule has 0 spiro atoms. The molecule has 0 aromatic heterocycles. The number of hydrogen-bond donors (Lipinski definition) is 1. The Kier molecular flexibility index (Phi) is 4.99. The van der Waals surface area contributed by atoms with Crippen LogP contribution in [0, 0.1) is 0 Å². The fourth-order valence-corrected chi connectivity index (χ4v) is 2.23. The van der Waals surface area contributed by atoms with Crippen LogP contribution in [0.4, 0.5) is 0 Å². The molecule has 116 valence electrons. The van der Waals surface area contributed by atoms with Gasteiger partial charge in [-0.05, 0) is 37.5 Å². The van der Waals surface area contributed by atoms with Gasteiger partial charge in [-0.1, -0.05) is 54.6 Å². The molecule has 0 fully saturated rings. The third-order valence-corrected chi connectivity index (χ3v) is 3.25. The highest BCUT2D eigenvalue weighted by molar-refractivity contribution is 5.71. The SMILES string of the molecule is CC(C)(C)OC(=O)C[C@H](N)c1ccc(-c2ccccc2)cc1. The molecule has 0 unspecified atom stereocenters. The second kappa shape index (κ2) is 6.75. The van der Waals surface area contributed by atoms with Crippen LogP contribution in [0.2, 0.25) is 0 Å². The zero-order chi connectivity index (χ0) is 16.2. The lowest BCUT2D eigenvalue weighted by Crippen LogP contribution is -2.26. The number of esters is 1. The van der Waals surface area contributed by atoms with Crippen LogP contribution >= 0.6 is 0 Å². The van der Waals surface area contributed by atoms with Gasteiger partial charge in [-0.3, -0.25) is 4.79 Å². The van der Waals surface area contributed by atoms with E-state index in [-0.39, 0.29) is 18.4 Å². The molecule has 0 aliphatic rings. The Morgan fingerprint density at radius 3 is 2.09 bits per heavy atom. The summed E-state index contributed by atoms with van der Waals surface area (Å²) in [6.45, 7) is 5.56. The maximum atomic E-state index is 11.8. The zero-order valence-electron chi connectivity index (χ0n) is 13.4. The topological polar surface area (TPSA) is 52.3 Å². The molecule has 0 saturated carbocycles. The van der Waals surface area contributed by atoms with Crippen molar-refractivity contribution in [1.29, 1.82) is 0 Å². The molecular weight excluding hydrogens is 274 g/mol. The molecule has 22 heavy (non-hydrogen) atoms. The quantitative estimate of drug-likeness (QED) is 0.865. The highest BCUT2D eigenvalue weighted by atomic mass is 16.6. The Hall–Kier alpha value is -2.13. The van der Waals surface area contributed by atoms with Crippen LogP contribution < -0.4 is 5.73 Å². The highest BCUT2D eigenvalue weighted by Crippen LogP contribution is 2.23. The van der Waals surface area contributed by atoms with Crippen molar-refractivity contribution in [2.45, 2.75) is 38.8 Å².